The van der Waals surface area contributed by atoms with Crippen LogP contribution in [-0.2, 0) is 18.9 Å². The van der Waals surface area contributed by atoms with Gasteiger partial charge in [0.2, 0.25) is 0 Å². The molecule has 11 nitrogen and oxygen atoms in total. The lowest BCUT2D eigenvalue weighted by atomic mass is 9.41. The first-order valence-corrected chi connectivity index (χ1v) is 16.6. The van der Waals surface area contributed by atoms with E-state index in [-0.39, 0.29) is 42.3 Å². The second kappa shape index (κ2) is 10.3. The van der Waals surface area contributed by atoms with Gasteiger partial charge in [0.25, 0.3) is 0 Å². The standard InChI is InChI=1S/C32H52O11/c1-14-5-10-32(41-12-14)15(2)21-20(43-32)11-18-16-6-9-31(39)26(38)23(35)24(36)27(30(31,4)17(16)7-8-29(18,21)3)42-28-25(37)22(34)19(33)13-40-28/h14-28,33-39H,5-13H2,1-4H3. The fourth-order valence-corrected chi connectivity index (χ4v) is 11.6. The summed E-state index contributed by atoms with van der Waals surface area (Å²) in [6.07, 6.45) is -6.43. The Hall–Kier alpha value is -0.440. The van der Waals surface area contributed by atoms with Gasteiger partial charge in [-0.1, -0.05) is 27.7 Å². The molecule has 4 aliphatic carbocycles. The molecule has 3 saturated heterocycles. The summed E-state index contributed by atoms with van der Waals surface area (Å²) >= 11 is 0. The first kappa shape index (κ1) is 31.2. The molecule has 246 valence electrons. The fraction of sp³-hybridized carbons (Fsp3) is 1.00. The van der Waals surface area contributed by atoms with Crippen LogP contribution in [0.15, 0.2) is 0 Å². The van der Waals surface area contributed by atoms with Gasteiger partial charge in [-0.15, -0.1) is 0 Å². The molecule has 0 amide bonds. The topological polar surface area (TPSA) is 179 Å². The first-order valence-electron chi connectivity index (χ1n) is 16.6. The molecule has 0 bridgehead atoms. The lowest BCUT2D eigenvalue weighted by Crippen LogP contribution is -2.78. The van der Waals surface area contributed by atoms with Crippen LogP contribution < -0.4 is 0 Å². The number of aliphatic hydroxyl groups excluding tert-OH is 6. The monoisotopic (exact) mass is 612 g/mol. The number of hydrogen-bond acceptors (Lipinski definition) is 11. The second-order valence-electron chi connectivity index (χ2n) is 15.9. The molecule has 4 saturated carbocycles. The molecule has 0 radical (unpaired) electrons. The molecule has 43 heavy (non-hydrogen) atoms. The molecule has 11 heteroatoms. The average molecular weight is 613 g/mol. The molecule has 1 spiro atoms. The Morgan fingerprint density at radius 1 is 0.791 bits per heavy atom. The lowest BCUT2D eigenvalue weighted by molar-refractivity contribution is -0.368. The van der Waals surface area contributed by atoms with Crippen LogP contribution in [0.25, 0.3) is 0 Å². The SMILES string of the molecule is CC1CCC2(OC1)OC1CC3C4CCC5(O)C(O)C(O)C(O)C(OC6OCC(O)C(O)C6O)C5(C)C4CCC3(C)C1C2C. The quantitative estimate of drug-likeness (QED) is 0.228. The van der Waals surface area contributed by atoms with Gasteiger partial charge in [0.05, 0.1) is 25.4 Å². The Bertz CT molecular complexity index is 1070. The molecule has 0 aromatic rings. The van der Waals surface area contributed by atoms with Gasteiger partial charge >= 0.3 is 0 Å². The minimum Gasteiger partial charge on any atom is -0.388 e. The molecule has 3 aliphatic heterocycles. The van der Waals surface area contributed by atoms with E-state index in [9.17, 15) is 35.7 Å². The summed E-state index contributed by atoms with van der Waals surface area (Å²) in [6.45, 7) is 9.18. The van der Waals surface area contributed by atoms with Gasteiger partial charge in [0, 0.05) is 17.8 Å². The van der Waals surface area contributed by atoms with Crippen LogP contribution in [0.1, 0.15) is 72.6 Å². The van der Waals surface area contributed by atoms with Crippen molar-refractivity contribution in [1.29, 1.82) is 0 Å². The van der Waals surface area contributed by atoms with Gasteiger partial charge in [-0.05, 0) is 73.5 Å². The van der Waals surface area contributed by atoms with Gasteiger partial charge in [0.1, 0.15) is 42.2 Å². The highest BCUT2D eigenvalue weighted by molar-refractivity contribution is 5.23. The molecule has 7 rings (SSSR count). The summed E-state index contributed by atoms with van der Waals surface area (Å²) < 4.78 is 25.1. The molecule has 0 aromatic carbocycles. The van der Waals surface area contributed by atoms with Crippen LogP contribution in [0, 0.1) is 46.3 Å². The smallest absolute Gasteiger partial charge is 0.186 e. The fourth-order valence-electron chi connectivity index (χ4n) is 11.6. The van der Waals surface area contributed by atoms with Crippen LogP contribution in [0.5, 0.6) is 0 Å². The van der Waals surface area contributed by atoms with E-state index in [2.05, 4.69) is 20.8 Å². The molecular formula is C32H52O11. The van der Waals surface area contributed by atoms with Crippen molar-refractivity contribution in [2.75, 3.05) is 13.2 Å². The normalized spacial score (nSPS) is 63.3. The van der Waals surface area contributed by atoms with Crippen molar-refractivity contribution >= 4 is 0 Å². The molecule has 7 aliphatic rings. The Morgan fingerprint density at radius 2 is 1.53 bits per heavy atom. The van der Waals surface area contributed by atoms with Crippen LogP contribution in [0.4, 0.5) is 0 Å². The maximum atomic E-state index is 12.3. The largest absolute Gasteiger partial charge is 0.388 e. The third kappa shape index (κ3) is 4.06. The van der Waals surface area contributed by atoms with Crippen molar-refractivity contribution in [3.8, 4) is 0 Å². The highest BCUT2D eigenvalue weighted by atomic mass is 16.7. The number of ether oxygens (including phenoxy) is 4. The van der Waals surface area contributed by atoms with Crippen LogP contribution in [0.2, 0.25) is 0 Å². The van der Waals surface area contributed by atoms with Gasteiger partial charge in [-0.2, -0.15) is 0 Å². The highest BCUT2D eigenvalue weighted by Crippen LogP contribution is 2.72. The Morgan fingerprint density at radius 3 is 2.23 bits per heavy atom. The van der Waals surface area contributed by atoms with Crippen molar-refractivity contribution in [3.63, 3.8) is 0 Å². The molecule has 3 heterocycles. The Kier molecular flexibility index (Phi) is 7.45. The van der Waals surface area contributed by atoms with E-state index >= 15 is 0 Å². The van der Waals surface area contributed by atoms with E-state index in [0.29, 0.717) is 24.2 Å². The third-order valence-corrected chi connectivity index (χ3v) is 14.1. The number of fused-ring (bicyclic) bond motifs is 7. The zero-order chi connectivity index (χ0) is 30.9. The van der Waals surface area contributed by atoms with E-state index in [1.165, 1.54) is 0 Å². The summed E-state index contributed by atoms with van der Waals surface area (Å²) in [4.78, 5) is 0. The van der Waals surface area contributed by atoms with E-state index < -0.39 is 65.8 Å². The van der Waals surface area contributed by atoms with Crippen LogP contribution in [-0.4, -0.2) is 115 Å². The van der Waals surface area contributed by atoms with Crippen molar-refractivity contribution in [1.82, 2.24) is 0 Å². The second-order valence-corrected chi connectivity index (χ2v) is 15.9. The van der Waals surface area contributed by atoms with Gasteiger partial charge in [0.15, 0.2) is 12.1 Å². The summed E-state index contributed by atoms with van der Waals surface area (Å²) in [6, 6.07) is 0. The van der Waals surface area contributed by atoms with Gasteiger partial charge in [-0.3, -0.25) is 0 Å². The first-order chi connectivity index (χ1) is 20.2. The van der Waals surface area contributed by atoms with Crippen molar-refractivity contribution in [3.05, 3.63) is 0 Å². The average Bonchev–Trinajstić information content (AvgIpc) is 3.42. The van der Waals surface area contributed by atoms with Crippen molar-refractivity contribution < 1.29 is 54.7 Å². The summed E-state index contributed by atoms with van der Waals surface area (Å²) in [5, 5.41) is 76.8. The maximum Gasteiger partial charge on any atom is 0.186 e. The maximum absolute atomic E-state index is 12.3. The zero-order valence-electron chi connectivity index (χ0n) is 25.8. The number of rotatable bonds is 2. The van der Waals surface area contributed by atoms with E-state index in [1.807, 2.05) is 6.92 Å². The van der Waals surface area contributed by atoms with Gasteiger partial charge in [-0.25, -0.2) is 0 Å². The summed E-state index contributed by atoms with van der Waals surface area (Å²) in [5.41, 5.74) is -2.98. The molecule has 7 N–H and O–H groups in total. The van der Waals surface area contributed by atoms with Crippen molar-refractivity contribution in [2.24, 2.45) is 46.3 Å². The molecule has 19 unspecified atom stereocenters. The van der Waals surface area contributed by atoms with Crippen molar-refractivity contribution in [2.45, 2.75) is 139 Å². The molecule has 19 atom stereocenters. The zero-order valence-corrected chi connectivity index (χ0v) is 25.8. The van der Waals surface area contributed by atoms with E-state index in [1.54, 1.807) is 0 Å². The van der Waals surface area contributed by atoms with E-state index in [4.69, 9.17) is 18.9 Å². The molecule has 0 aromatic heterocycles. The van der Waals surface area contributed by atoms with Crippen LogP contribution >= 0.6 is 0 Å². The third-order valence-electron chi connectivity index (χ3n) is 14.1. The predicted molar refractivity (Wildman–Crippen MR) is 150 cm³/mol. The predicted octanol–water partition coefficient (Wildman–Crippen LogP) is 0.284. The Labute approximate surface area is 253 Å². The highest BCUT2D eigenvalue weighted by Gasteiger charge is 2.75. The number of aliphatic hydroxyl groups is 7. The van der Waals surface area contributed by atoms with Gasteiger partial charge < -0.3 is 54.7 Å². The van der Waals surface area contributed by atoms with E-state index in [0.717, 1.165) is 38.7 Å². The number of hydrogen-bond donors (Lipinski definition) is 7. The summed E-state index contributed by atoms with van der Waals surface area (Å²) in [7, 11) is 0. The Balaban J connectivity index is 1.20. The molecular weight excluding hydrogens is 560 g/mol. The minimum absolute atomic E-state index is 0.00230. The van der Waals surface area contributed by atoms with Crippen LogP contribution in [0.3, 0.4) is 0 Å². The summed E-state index contributed by atoms with van der Waals surface area (Å²) in [5.74, 6) is 0.888. The minimum atomic E-state index is -1.77. The lowest BCUT2D eigenvalue weighted by Gasteiger charge is -2.67. The molecule has 7 fully saturated rings.